The van der Waals surface area contributed by atoms with Crippen molar-refractivity contribution >= 4 is 124 Å². The van der Waals surface area contributed by atoms with Crippen LogP contribution in [0.2, 0.25) is 16.1 Å². The number of ether oxygens (including phenoxy) is 3. The molecular weight excluding hydrogens is 1900 g/mol. The second-order valence-electron chi connectivity index (χ2n) is 37.7. The number of pyridine rings is 6. The fourth-order valence-corrected chi connectivity index (χ4v) is 29.1. The van der Waals surface area contributed by atoms with E-state index in [1.807, 2.05) is 97.6 Å². The van der Waals surface area contributed by atoms with Crippen LogP contribution in [-0.4, -0.2) is 166 Å². The van der Waals surface area contributed by atoms with Gasteiger partial charge in [0, 0.05) is 161 Å². The van der Waals surface area contributed by atoms with E-state index in [0.29, 0.717) is 35.6 Å². The molecule has 6 aromatic heterocycles. The molecule has 7 aliphatic heterocycles. The Balaban J connectivity index is 0.000000122. The Morgan fingerprint density at radius 1 is 0.532 bits per heavy atom. The predicted molar refractivity (Wildman–Crippen MR) is 510 cm³/mol. The number of para-hydroxylation sites is 1. The smallest absolute Gasteiger partial charge is 0.449 e. The Morgan fingerprint density at radius 3 is 1.40 bits per heavy atom. The first-order valence-corrected chi connectivity index (χ1v) is 48.7. The van der Waals surface area contributed by atoms with Crippen LogP contribution in [0.4, 0.5) is 36.1 Å². The zero-order valence-corrected chi connectivity index (χ0v) is 83.7. The van der Waals surface area contributed by atoms with Crippen LogP contribution in [0, 0.1) is 41.6 Å². The molecule has 2 aromatic carbocycles. The van der Waals surface area contributed by atoms with Crippen molar-refractivity contribution in [1.82, 2.24) is 29.9 Å². The summed E-state index contributed by atoms with van der Waals surface area (Å²) in [6.45, 7) is 18.2. The topological polar surface area (TPSA) is 196 Å². The van der Waals surface area contributed by atoms with E-state index in [4.69, 9.17) is 57.4 Å². The number of unbranched alkanes of at least 4 members (excludes halogenated alkanes) is 1. The van der Waals surface area contributed by atoms with E-state index < -0.39 is 12.8 Å². The van der Waals surface area contributed by atoms with Gasteiger partial charge in [-0.25, -0.2) is 24.9 Å². The summed E-state index contributed by atoms with van der Waals surface area (Å²) in [4.78, 5) is 46.7. The van der Waals surface area contributed by atoms with Crippen molar-refractivity contribution in [3.63, 3.8) is 0 Å². The molecule has 14 fully saturated rings. The number of hydrogen-bond donors (Lipinski definition) is 1. The summed E-state index contributed by atoms with van der Waals surface area (Å²) in [6.07, 6.45) is 39.3. The van der Waals surface area contributed by atoms with Crippen LogP contribution in [-0.2, 0) is 63.6 Å². The van der Waals surface area contributed by atoms with Crippen molar-refractivity contribution in [1.29, 1.82) is 0 Å². The number of anilines is 4. The summed E-state index contributed by atoms with van der Waals surface area (Å²) in [7, 11) is -0.531. The quantitative estimate of drug-likeness (QED) is 0.0269. The van der Waals surface area contributed by atoms with E-state index in [1.54, 1.807) is 102 Å². The molecule has 8 aromatic rings. The van der Waals surface area contributed by atoms with E-state index in [2.05, 4.69) is 148 Å². The van der Waals surface area contributed by atoms with Gasteiger partial charge in [-0.05, 0) is 254 Å². The molecule has 18 nitrogen and oxygen atoms in total. The summed E-state index contributed by atoms with van der Waals surface area (Å²) >= 11 is 14.0. The molecule has 10 aliphatic carbocycles. The van der Waals surface area contributed by atoms with Crippen LogP contribution in [0.3, 0.4) is 0 Å². The first-order chi connectivity index (χ1) is 59.5. The first kappa shape index (κ1) is 97.6. The summed E-state index contributed by atoms with van der Waals surface area (Å²) in [5, 5.41) is 2.87. The molecule has 8 bridgehead atoms. The van der Waals surface area contributed by atoms with Gasteiger partial charge in [-0.1, -0.05) is 79.0 Å². The predicted octanol–water partition coefficient (Wildman–Crippen LogP) is 17.6. The van der Waals surface area contributed by atoms with Crippen molar-refractivity contribution in [2.75, 3.05) is 106 Å². The van der Waals surface area contributed by atoms with Crippen LogP contribution in [0.25, 0.3) is 11.1 Å². The van der Waals surface area contributed by atoms with E-state index >= 15 is 0 Å². The summed E-state index contributed by atoms with van der Waals surface area (Å²) in [5.41, 5.74) is 21.6. The van der Waals surface area contributed by atoms with Crippen LogP contribution in [0.15, 0.2) is 155 Å². The number of halogens is 7. The van der Waals surface area contributed by atoms with E-state index in [9.17, 15) is 12.9 Å². The summed E-state index contributed by atoms with van der Waals surface area (Å²) in [6, 6.07) is 37.1. The number of hydrogen-bond acceptors (Lipinski definition) is 18. The number of nitrogens with zero attached hydrogens (tertiary/aromatic N) is 12. The number of morpholine rings is 3. The molecule has 17 aliphatic rings. The van der Waals surface area contributed by atoms with Crippen molar-refractivity contribution in [3.05, 3.63) is 207 Å². The van der Waals surface area contributed by atoms with Gasteiger partial charge < -0.3 is 56.9 Å². The number of benzene rings is 2. The molecular formula is C96H118B2Cl3F3IKN13O5PPd. The Bertz CT molecular complexity index is 5000. The number of aromatic nitrogens is 6. The number of rotatable bonds is 14. The van der Waals surface area contributed by atoms with Gasteiger partial charge >= 0.3 is 65.5 Å². The number of nitrogen functional groups attached to an aromatic ring is 1. The van der Waals surface area contributed by atoms with Crippen molar-refractivity contribution < 1.29 is 108 Å². The third-order valence-corrected chi connectivity index (χ3v) is 34.4. The molecule has 0 atom stereocenters. The second-order valence-corrected chi connectivity index (χ2v) is 43.1. The zero-order chi connectivity index (χ0) is 85.0. The molecule has 0 amide bonds. The molecule has 13 heterocycles. The van der Waals surface area contributed by atoms with Gasteiger partial charge in [0.05, 0.1) is 98.4 Å². The molecule has 30 heteroatoms. The standard InChI is InChI=1S/C24H39P.C19H20N4O.C16H15ClN4O.C15H23BN2O3.C12H10N.C7H4ClIN2.C3H5BF3.ClH.K.Pd/c1-2-3-4-25(23-11-17-5-18(12-23)7-19(6-17)13-23)24-14-20-8-21(15-24)10-22(9-20)16-24;1-2-13(1)17-10-16-15(11-21-17)12-22-19(16)14-3-4-20-18(9-14)23-5-7-24-8-6-23;17-14-8-13-12(9-19-14)10-20-16(13)11-1-2-18-15(7-11)21-3-5-22-6-4-21;1-14(2)15(3,4)21-16(20-14)12-5-6-17-13(11-12)18-7-9-19-10-8-18;13-12-9-5-4-8-11(12)10-6-2-1-3-7-10;8-6-1-5-4(2-10-6)3-11-7(5)9;5-4(6,7)3-1-2-3;;;/h17-22H,2-16H2,1H3;3-4,9-11,13H,1-2,5-8,12H2;1-2,7-9H,3-6,10H2;5-6,11H,7-10H2,1-4H3;1-6,8-9H,13H2;1-2H,3H2;3H,1-2H2;1H;;/q;;;;-1;;-1;;+1;/p+1. The van der Waals surface area contributed by atoms with Crippen molar-refractivity contribution in [3.8, 4) is 11.1 Å². The number of fused-ring (bicyclic) bond motifs is 3. The molecule has 4 saturated heterocycles. The Hall–Kier alpha value is -4.40. The second kappa shape index (κ2) is 43.3. The third-order valence-electron chi connectivity index (χ3n) is 28.4. The molecule has 25 rings (SSSR count). The maximum absolute atomic E-state index is 11.3. The van der Waals surface area contributed by atoms with Crippen LogP contribution in [0.5, 0.6) is 0 Å². The van der Waals surface area contributed by atoms with Gasteiger partial charge in [-0.15, -0.1) is 48.3 Å². The van der Waals surface area contributed by atoms with Crippen molar-refractivity contribution in [2.45, 2.75) is 203 Å². The van der Waals surface area contributed by atoms with E-state index in [1.165, 1.54) is 77.2 Å². The molecule has 0 unspecified atom stereocenters. The van der Waals surface area contributed by atoms with Crippen LogP contribution >= 0.6 is 66.1 Å². The molecule has 0 spiro atoms. The molecule has 668 valence electrons. The van der Waals surface area contributed by atoms with Gasteiger partial charge in [-0.2, -0.15) is 0 Å². The van der Waals surface area contributed by atoms with Crippen LogP contribution < -0.4 is 77.3 Å². The Kier molecular flexibility index (Phi) is 33.5. The van der Waals surface area contributed by atoms with Gasteiger partial charge in [0.2, 0.25) is 0 Å². The van der Waals surface area contributed by atoms with Gasteiger partial charge in [0.15, 0.2) is 0 Å². The minimum Gasteiger partial charge on any atom is -0.449 e. The third kappa shape index (κ3) is 23.5. The molecule has 126 heavy (non-hydrogen) atoms. The largest absolute Gasteiger partial charge is 1.00 e. The number of aliphatic imine (C=N–C) groups is 3. The van der Waals surface area contributed by atoms with Gasteiger partial charge in [0.1, 0.15) is 31.5 Å². The summed E-state index contributed by atoms with van der Waals surface area (Å²) in [5.74, 6) is 9.74. The average molecular weight is 2020 g/mol. The normalized spacial score (nSPS) is 25.7. The maximum Gasteiger partial charge on any atom is 1.00 e. The Morgan fingerprint density at radius 2 is 0.960 bits per heavy atom. The average Bonchev–Trinajstić information content (AvgIpc) is 1.13. The number of nitrogens with two attached hydrogens (primary N) is 1. The molecule has 2 N–H and O–H groups in total. The Labute approximate surface area is 830 Å². The molecule has 0 radical (unpaired) electrons. The van der Waals surface area contributed by atoms with E-state index in [0.717, 1.165) is 185 Å². The van der Waals surface area contributed by atoms with Gasteiger partial charge in [0.25, 0.3) is 0 Å². The monoisotopic (exact) mass is 2020 g/mol. The fourth-order valence-electron chi connectivity index (χ4n) is 22.0. The maximum atomic E-state index is 11.3. The van der Waals surface area contributed by atoms with Gasteiger partial charge in [-0.3, -0.25) is 20.0 Å². The minimum atomic E-state index is -4.44. The molecule has 10 saturated carbocycles. The first-order valence-electron chi connectivity index (χ1n) is 45.2. The van der Waals surface area contributed by atoms with E-state index in [-0.39, 0.29) is 110 Å². The van der Waals surface area contributed by atoms with Crippen LogP contribution in [0.1, 0.15) is 206 Å². The summed E-state index contributed by atoms with van der Waals surface area (Å²) < 4.78 is 63.4. The SMILES string of the molecule is CC1(C)OB(c2ccnc(N3CCOCC3)c2)OC1(C)C.CCCC[PH+](C12CC3CC(CC(C3)C1)C2)C12CC3CC(CC(C3)C1)C2.Cl.Clc1cc2c(cn1)CN=C2I.Clc1cc2c(cn1)CN=C2c1ccnc(N2CCOCC2)c1.F[B-](F)(F)C1CC1.Nc1ccccc1-c1[c-]cccc1.[K+].[Pd].c1cc(C2=NCc3cnc(C4CC4)cc32)cc(N2CCOCC2)n1. The minimum absolute atomic E-state index is 0. The van der Waals surface area contributed by atoms with Crippen molar-refractivity contribution in [2.24, 2.45) is 50.5 Å². The zero-order valence-electron chi connectivity index (χ0n) is 73.6. The fraction of sp³-hybridized carbons (Fsp3) is 0.531.